The average molecular weight is 408 g/mol. The lowest BCUT2D eigenvalue weighted by Gasteiger charge is -2.41. The molecule has 0 atom stereocenters. The smallest absolute Gasteiger partial charge is 0.343 e. The van der Waals surface area contributed by atoms with Crippen LogP contribution in [0.4, 0.5) is 4.39 Å². The number of esters is 1. The third kappa shape index (κ3) is 3.03. The largest absolute Gasteiger partial charge is 0.507 e. The van der Waals surface area contributed by atoms with E-state index < -0.39 is 11.6 Å². The molecule has 2 aromatic carbocycles. The van der Waals surface area contributed by atoms with Crippen LogP contribution in [0.25, 0.3) is 16.7 Å². The second-order valence-corrected chi connectivity index (χ2v) is 8.78. The Morgan fingerprint density at radius 1 is 0.967 bits per heavy atom. The van der Waals surface area contributed by atoms with Crippen LogP contribution in [0.3, 0.4) is 0 Å². The molecule has 0 bridgehead atoms. The minimum atomic E-state index is -0.943. The van der Waals surface area contributed by atoms with Crippen LogP contribution < -0.4 is 0 Å². The second-order valence-electron chi connectivity index (χ2n) is 8.78. The van der Waals surface area contributed by atoms with E-state index in [9.17, 15) is 14.3 Å². The Balaban J connectivity index is 1.51. The highest BCUT2D eigenvalue weighted by Gasteiger charge is 2.54. The first kappa shape index (κ1) is 19.3. The molecule has 1 saturated carbocycles. The van der Waals surface area contributed by atoms with Gasteiger partial charge in [-0.25, -0.2) is 9.18 Å². The molecule has 2 spiro atoms. The fraction of sp³-hybridized carbons (Fsp3) is 0.400. The van der Waals surface area contributed by atoms with Crippen molar-refractivity contribution in [2.24, 2.45) is 0 Å². The van der Waals surface area contributed by atoms with Gasteiger partial charge in [0.05, 0.1) is 5.60 Å². The molecule has 5 heteroatoms. The average Bonchev–Trinajstić information content (AvgIpc) is 3.29. The first-order chi connectivity index (χ1) is 14.4. The van der Waals surface area contributed by atoms with E-state index in [4.69, 9.17) is 9.47 Å². The summed E-state index contributed by atoms with van der Waals surface area (Å²) in [6.07, 6.45) is 4.82. The standard InChI is InChI=1S/C25H25FO4/c1-16-3-4-18(17-5-7-19(26)8-6-17)15-20(16)21-22(27)25(30-23(21)28)12-10-24(11-13-25)9-2-14-29-24/h3-8,15,27H,2,9-14H2,1H3/t24-,25+. The van der Waals surface area contributed by atoms with Crippen LogP contribution >= 0.6 is 0 Å². The van der Waals surface area contributed by atoms with Gasteiger partial charge in [-0.05, 0) is 85.9 Å². The van der Waals surface area contributed by atoms with Crippen LogP contribution in [0, 0.1) is 12.7 Å². The number of carbonyl (C=O) groups excluding carboxylic acids is 1. The number of hydrogen-bond acceptors (Lipinski definition) is 4. The number of ether oxygens (including phenoxy) is 2. The summed E-state index contributed by atoms with van der Waals surface area (Å²) in [4.78, 5) is 12.9. The highest BCUT2D eigenvalue weighted by atomic mass is 19.1. The Kier molecular flexibility index (Phi) is 4.47. The minimum absolute atomic E-state index is 0.0414. The third-order valence-corrected chi connectivity index (χ3v) is 7.00. The van der Waals surface area contributed by atoms with E-state index in [-0.39, 0.29) is 22.8 Å². The van der Waals surface area contributed by atoms with Crippen LogP contribution in [0.5, 0.6) is 0 Å². The topological polar surface area (TPSA) is 55.8 Å². The molecular formula is C25H25FO4. The highest BCUT2D eigenvalue weighted by Crippen LogP contribution is 2.51. The number of carbonyl (C=O) groups is 1. The Morgan fingerprint density at radius 2 is 1.67 bits per heavy atom. The van der Waals surface area contributed by atoms with Crippen molar-refractivity contribution in [1.82, 2.24) is 0 Å². The monoisotopic (exact) mass is 408 g/mol. The Hall–Kier alpha value is -2.66. The maximum atomic E-state index is 13.3. The molecule has 1 N–H and O–H groups in total. The van der Waals surface area contributed by atoms with Crippen LogP contribution in [0.2, 0.25) is 0 Å². The summed E-state index contributed by atoms with van der Waals surface area (Å²) in [6, 6.07) is 11.9. The number of rotatable bonds is 2. The Bertz CT molecular complexity index is 1020. The zero-order valence-corrected chi connectivity index (χ0v) is 17.0. The predicted molar refractivity (Wildman–Crippen MR) is 111 cm³/mol. The van der Waals surface area contributed by atoms with Crippen molar-refractivity contribution in [2.75, 3.05) is 6.61 Å². The van der Waals surface area contributed by atoms with Gasteiger partial charge in [-0.2, -0.15) is 0 Å². The lowest BCUT2D eigenvalue weighted by Crippen LogP contribution is -2.44. The first-order valence-corrected chi connectivity index (χ1v) is 10.6. The number of aliphatic hydroxyl groups is 1. The number of aryl methyl sites for hydroxylation is 1. The van der Waals surface area contributed by atoms with Gasteiger partial charge in [0.1, 0.15) is 11.4 Å². The highest BCUT2D eigenvalue weighted by molar-refractivity contribution is 6.20. The van der Waals surface area contributed by atoms with Gasteiger partial charge in [-0.1, -0.05) is 24.3 Å². The van der Waals surface area contributed by atoms with Crippen LogP contribution in [-0.2, 0) is 14.3 Å². The van der Waals surface area contributed by atoms with Crippen LogP contribution in [0.15, 0.2) is 48.2 Å². The molecule has 5 rings (SSSR count). The summed E-state index contributed by atoms with van der Waals surface area (Å²) in [6.45, 7) is 2.69. The van der Waals surface area contributed by atoms with Gasteiger partial charge >= 0.3 is 5.97 Å². The molecule has 30 heavy (non-hydrogen) atoms. The molecule has 0 radical (unpaired) electrons. The molecule has 0 unspecified atom stereocenters. The second kappa shape index (κ2) is 6.95. The maximum absolute atomic E-state index is 13.3. The van der Waals surface area contributed by atoms with Crippen molar-refractivity contribution in [3.8, 4) is 11.1 Å². The molecule has 2 aromatic rings. The fourth-order valence-electron chi connectivity index (χ4n) is 5.15. The van der Waals surface area contributed by atoms with Crippen molar-refractivity contribution in [3.63, 3.8) is 0 Å². The van der Waals surface area contributed by atoms with Gasteiger partial charge in [0.15, 0.2) is 11.4 Å². The normalized spacial score (nSPS) is 28.5. The third-order valence-electron chi connectivity index (χ3n) is 7.00. The van der Waals surface area contributed by atoms with Crippen molar-refractivity contribution in [3.05, 3.63) is 65.2 Å². The molecule has 1 aliphatic carbocycles. The van der Waals surface area contributed by atoms with Gasteiger partial charge in [-0.3, -0.25) is 0 Å². The van der Waals surface area contributed by atoms with E-state index in [1.165, 1.54) is 12.1 Å². The molecule has 3 aliphatic rings. The number of hydrogen-bond donors (Lipinski definition) is 1. The molecular weight excluding hydrogens is 383 g/mol. The van der Waals surface area contributed by atoms with E-state index in [1.54, 1.807) is 12.1 Å². The maximum Gasteiger partial charge on any atom is 0.343 e. The van der Waals surface area contributed by atoms with E-state index in [0.717, 1.165) is 49.0 Å². The Morgan fingerprint density at radius 3 is 2.33 bits per heavy atom. The molecule has 4 nitrogen and oxygen atoms in total. The van der Waals surface area contributed by atoms with Crippen molar-refractivity contribution in [2.45, 2.75) is 56.7 Å². The van der Waals surface area contributed by atoms with Gasteiger partial charge in [-0.15, -0.1) is 0 Å². The molecule has 0 amide bonds. The summed E-state index contributed by atoms with van der Waals surface area (Å²) < 4.78 is 25.1. The van der Waals surface area contributed by atoms with E-state index in [2.05, 4.69) is 0 Å². The number of halogens is 1. The van der Waals surface area contributed by atoms with Crippen LogP contribution in [0.1, 0.15) is 49.7 Å². The zero-order valence-electron chi connectivity index (χ0n) is 17.0. The van der Waals surface area contributed by atoms with Crippen molar-refractivity contribution < 1.29 is 23.8 Å². The van der Waals surface area contributed by atoms with E-state index in [0.29, 0.717) is 18.4 Å². The van der Waals surface area contributed by atoms with Crippen molar-refractivity contribution in [1.29, 1.82) is 0 Å². The summed E-state index contributed by atoms with van der Waals surface area (Å²) >= 11 is 0. The fourth-order valence-corrected chi connectivity index (χ4v) is 5.15. The molecule has 1 saturated heterocycles. The summed E-state index contributed by atoms with van der Waals surface area (Å²) in [5, 5.41) is 11.2. The molecule has 156 valence electrons. The SMILES string of the molecule is Cc1ccc(-c2ccc(F)cc2)cc1C1=C(O)[C@]2(CC[C@@]3(CCCO3)CC2)OC1=O. The van der Waals surface area contributed by atoms with Gasteiger partial charge in [0.25, 0.3) is 0 Å². The van der Waals surface area contributed by atoms with E-state index >= 15 is 0 Å². The molecule has 0 aromatic heterocycles. The quantitative estimate of drug-likeness (QED) is 0.668. The van der Waals surface area contributed by atoms with Gasteiger partial charge < -0.3 is 14.6 Å². The summed E-state index contributed by atoms with van der Waals surface area (Å²) in [5.41, 5.74) is 2.43. The minimum Gasteiger partial charge on any atom is -0.507 e. The molecule has 2 aliphatic heterocycles. The Labute approximate surface area is 175 Å². The van der Waals surface area contributed by atoms with Crippen molar-refractivity contribution >= 4 is 11.5 Å². The summed E-state index contributed by atoms with van der Waals surface area (Å²) in [5.74, 6) is -0.732. The van der Waals surface area contributed by atoms with Gasteiger partial charge in [0, 0.05) is 6.61 Å². The predicted octanol–water partition coefficient (Wildman–Crippen LogP) is 5.49. The molecule has 2 fully saturated rings. The number of benzene rings is 2. The van der Waals surface area contributed by atoms with E-state index in [1.807, 2.05) is 25.1 Å². The molecule has 2 heterocycles. The first-order valence-electron chi connectivity index (χ1n) is 10.6. The lowest BCUT2D eigenvalue weighted by atomic mass is 9.73. The number of aliphatic hydroxyl groups excluding tert-OH is 1. The lowest BCUT2D eigenvalue weighted by molar-refractivity contribution is -0.156. The zero-order chi connectivity index (χ0) is 20.9. The van der Waals surface area contributed by atoms with Crippen LogP contribution in [-0.4, -0.2) is 28.9 Å². The summed E-state index contributed by atoms with van der Waals surface area (Å²) in [7, 11) is 0. The van der Waals surface area contributed by atoms with Gasteiger partial charge in [0.2, 0.25) is 0 Å².